The van der Waals surface area contributed by atoms with Gasteiger partial charge in [-0.05, 0) is 18.9 Å². The Balaban J connectivity index is 2.38. The SMILES string of the molecule is COC(=O)[C@@]1(C)C[C@H](C#N)N[C@@H]1c1ccccc1. The molecule has 0 amide bonds. The molecular formula is C14H16N2O2. The average Bonchev–Trinajstić information content (AvgIpc) is 2.77. The van der Waals surface area contributed by atoms with Crippen molar-refractivity contribution in [2.75, 3.05) is 7.11 Å². The number of ether oxygens (including phenoxy) is 1. The Kier molecular flexibility index (Phi) is 3.35. The van der Waals surface area contributed by atoms with E-state index in [0.717, 1.165) is 5.56 Å². The van der Waals surface area contributed by atoms with Crippen LogP contribution in [0.2, 0.25) is 0 Å². The van der Waals surface area contributed by atoms with Gasteiger partial charge in [0.05, 0.1) is 24.6 Å². The number of hydrogen-bond donors (Lipinski definition) is 1. The van der Waals surface area contributed by atoms with Crippen molar-refractivity contribution in [1.82, 2.24) is 5.32 Å². The van der Waals surface area contributed by atoms with Gasteiger partial charge in [-0.3, -0.25) is 10.1 Å². The van der Waals surface area contributed by atoms with Crippen molar-refractivity contribution in [2.45, 2.75) is 25.4 Å². The molecule has 1 aliphatic heterocycles. The van der Waals surface area contributed by atoms with Gasteiger partial charge < -0.3 is 4.74 Å². The monoisotopic (exact) mass is 244 g/mol. The Morgan fingerprint density at radius 1 is 1.50 bits per heavy atom. The van der Waals surface area contributed by atoms with Gasteiger partial charge in [0.25, 0.3) is 0 Å². The van der Waals surface area contributed by atoms with Crippen molar-refractivity contribution < 1.29 is 9.53 Å². The lowest BCUT2D eigenvalue weighted by Crippen LogP contribution is -2.35. The maximum Gasteiger partial charge on any atom is 0.313 e. The summed E-state index contributed by atoms with van der Waals surface area (Å²) in [5.41, 5.74) is 0.305. The normalized spacial score (nSPS) is 30.7. The molecule has 1 fully saturated rings. The standard InChI is InChI=1S/C14H16N2O2/c1-14(13(17)18-2)8-11(9-15)16-12(14)10-6-4-3-5-7-10/h3-7,11-12,16H,8H2,1-2H3/t11-,12-,14+/m1/s1. The van der Waals surface area contributed by atoms with E-state index in [1.54, 1.807) is 0 Å². The zero-order valence-corrected chi connectivity index (χ0v) is 10.5. The highest BCUT2D eigenvalue weighted by molar-refractivity contribution is 5.78. The molecule has 1 aromatic rings. The van der Waals surface area contributed by atoms with E-state index in [4.69, 9.17) is 10.00 Å². The van der Waals surface area contributed by atoms with E-state index >= 15 is 0 Å². The van der Waals surface area contributed by atoms with Crippen LogP contribution in [0.4, 0.5) is 0 Å². The van der Waals surface area contributed by atoms with Crippen LogP contribution in [0.25, 0.3) is 0 Å². The lowest BCUT2D eigenvalue weighted by atomic mass is 9.78. The first-order valence-electron chi connectivity index (χ1n) is 5.91. The first-order valence-corrected chi connectivity index (χ1v) is 5.91. The molecule has 2 rings (SSSR count). The summed E-state index contributed by atoms with van der Waals surface area (Å²) < 4.78 is 4.89. The summed E-state index contributed by atoms with van der Waals surface area (Å²) >= 11 is 0. The summed E-state index contributed by atoms with van der Waals surface area (Å²) in [5, 5.41) is 12.3. The minimum Gasteiger partial charge on any atom is -0.469 e. The Bertz CT molecular complexity index is 480. The summed E-state index contributed by atoms with van der Waals surface area (Å²) in [6.07, 6.45) is 0.468. The van der Waals surface area contributed by atoms with Crippen LogP contribution in [-0.4, -0.2) is 19.1 Å². The number of nitriles is 1. The minimum absolute atomic E-state index is 0.184. The number of benzene rings is 1. The molecule has 1 aromatic carbocycles. The molecule has 0 aliphatic carbocycles. The van der Waals surface area contributed by atoms with Gasteiger partial charge in [-0.1, -0.05) is 30.3 Å². The molecule has 4 nitrogen and oxygen atoms in total. The lowest BCUT2D eigenvalue weighted by Gasteiger charge is -2.28. The molecule has 94 valence electrons. The summed E-state index contributed by atoms with van der Waals surface area (Å²) in [4.78, 5) is 12.0. The molecule has 1 N–H and O–H groups in total. The van der Waals surface area contributed by atoms with Gasteiger partial charge in [-0.2, -0.15) is 5.26 Å². The lowest BCUT2D eigenvalue weighted by molar-refractivity contribution is -0.152. The molecule has 0 bridgehead atoms. The number of carbonyl (C=O) groups is 1. The summed E-state index contributed by atoms with van der Waals surface area (Å²) in [5.74, 6) is -0.276. The molecule has 0 unspecified atom stereocenters. The van der Waals surface area contributed by atoms with Crippen LogP contribution in [0, 0.1) is 16.7 Å². The number of rotatable bonds is 2. The van der Waals surface area contributed by atoms with E-state index in [0.29, 0.717) is 6.42 Å². The zero-order valence-electron chi connectivity index (χ0n) is 10.5. The van der Waals surface area contributed by atoms with E-state index < -0.39 is 5.41 Å². The molecular weight excluding hydrogens is 228 g/mol. The highest BCUT2D eigenvalue weighted by atomic mass is 16.5. The fourth-order valence-electron chi connectivity index (χ4n) is 2.61. The fourth-order valence-corrected chi connectivity index (χ4v) is 2.61. The number of carbonyl (C=O) groups excluding carboxylic acids is 1. The molecule has 1 aliphatic rings. The van der Waals surface area contributed by atoms with Crippen molar-refractivity contribution in [3.8, 4) is 6.07 Å². The Labute approximate surface area is 107 Å². The van der Waals surface area contributed by atoms with Crippen LogP contribution in [0.1, 0.15) is 24.9 Å². The molecule has 0 saturated carbocycles. The highest BCUT2D eigenvalue weighted by Crippen LogP contribution is 2.44. The van der Waals surface area contributed by atoms with Crippen molar-refractivity contribution in [1.29, 1.82) is 5.26 Å². The predicted octanol–water partition coefficient (Wildman–Crippen LogP) is 1.79. The van der Waals surface area contributed by atoms with E-state index in [9.17, 15) is 4.79 Å². The molecule has 3 atom stereocenters. The molecule has 4 heteroatoms. The second-order valence-corrected chi connectivity index (χ2v) is 4.81. The van der Waals surface area contributed by atoms with Gasteiger partial charge in [-0.15, -0.1) is 0 Å². The third kappa shape index (κ3) is 1.98. The topological polar surface area (TPSA) is 62.1 Å². The summed E-state index contributed by atoms with van der Waals surface area (Å²) in [6.45, 7) is 1.85. The zero-order chi connectivity index (χ0) is 13.2. The molecule has 18 heavy (non-hydrogen) atoms. The van der Waals surface area contributed by atoms with Gasteiger partial charge in [0.1, 0.15) is 0 Å². The minimum atomic E-state index is -0.698. The maximum atomic E-state index is 12.0. The second kappa shape index (κ2) is 4.79. The van der Waals surface area contributed by atoms with Crippen molar-refractivity contribution in [3.63, 3.8) is 0 Å². The van der Waals surface area contributed by atoms with Crippen molar-refractivity contribution in [3.05, 3.63) is 35.9 Å². The first kappa shape index (κ1) is 12.6. The smallest absolute Gasteiger partial charge is 0.313 e. The van der Waals surface area contributed by atoms with Gasteiger partial charge in [0, 0.05) is 6.04 Å². The Hall–Kier alpha value is -1.86. The largest absolute Gasteiger partial charge is 0.469 e. The van der Waals surface area contributed by atoms with E-state index in [1.165, 1.54) is 7.11 Å². The molecule has 0 spiro atoms. The van der Waals surface area contributed by atoms with E-state index in [-0.39, 0.29) is 18.1 Å². The molecule has 1 heterocycles. The Morgan fingerprint density at radius 2 is 2.17 bits per heavy atom. The van der Waals surface area contributed by atoms with Crippen molar-refractivity contribution >= 4 is 5.97 Å². The van der Waals surface area contributed by atoms with Crippen LogP contribution < -0.4 is 5.32 Å². The molecule has 0 aromatic heterocycles. The van der Waals surface area contributed by atoms with Gasteiger partial charge in [0.2, 0.25) is 0 Å². The number of esters is 1. The van der Waals surface area contributed by atoms with E-state index in [1.807, 2.05) is 37.3 Å². The third-order valence-corrected chi connectivity index (χ3v) is 3.57. The predicted molar refractivity (Wildman–Crippen MR) is 66.5 cm³/mol. The Morgan fingerprint density at radius 3 is 2.72 bits per heavy atom. The number of hydrogen-bond acceptors (Lipinski definition) is 4. The van der Waals surface area contributed by atoms with Crippen LogP contribution in [0.5, 0.6) is 0 Å². The second-order valence-electron chi connectivity index (χ2n) is 4.81. The number of nitrogens with one attached hydrogen (secondary N) is 1. The van der Waals surface area contributed by atoms with Gasteiger partial charge in [0.15, 0.2) is 0 Å². The number of methoxy groups -OCH3 is 1. The van der Waals surface area contributed by atoms with Crippen molar-refractivity contribution in [2.24, 2.45) is 5.41 Å². The highest BCUT2D eigenvalue weighted by Gasteiger charge is 2.50. The quantitative estimate of drug-likeness (QED) is 0.806. The summed E-state index contributed by atoms with van der Waals surface area (Å²) in [6, 6.07) is 11.4. The average molecular weight is 244 g/mol. The number of nitrogens with zero attached hydrogens (tertiary/aromatic N) is 1. The van der Waals surface area contributed by atoms with Gasteiger partial charge in [-0.25, -0.2) is 0 Å². The van der Waals surface area contributed by atoms with E-state index in [2.05, 4.69) is 11.4 Å². The maximum absolute atomic E-state index is 12.0. The van der Waals surface area contributed by atoms with Crippen LogP contribution in [0.15, 0.2) is 30.3 Å². The van der Waals surface area contributed by atoms with Gasteiger partial charge >= 0.3 is 5.97 Å². The fraction of sp³-hybridized carbons (Fsp3) is 0.429. The van der Waals surface area contributed by atoms with Crippen LogP contribution >= 0.6 is 0 Å². The molecule has 1 saturated heterocycles. The first-order chi connectivity index (χ1) is 8.61. The van der Waals surface area contributed by atoms with Crippen LogP contribution in [-0.2, 0) is 9.53 Å². The molecule has 0 radical (unpaired) electrons. The van der Waals surface area contributed by atoms with Crippen LogP contribution in [0.3, 0.4) is 0 Å². The summed E-state index contributed by atoms with van der Waals surface area (Å²) in [7, 11) is 1.38. The third-order valence-electron chi connectivity index (χ3n) is 3.57.